The van der Waals surface area contributed by atoms with Gasteiger partial charge in [0.15, 0.2) is 0 Å². The molecule has 0 unspecified atom stereocenters. The summed E-state index contributed by atoms with van der Waals surface area (Å²) >= 11 is 0. The third kappa shape index (κ3) is 4.36. The zero-order chi connectivity index (χ0) is 26.9. The highest BCUT2D eigenvalue weighted by Crippen LogP contribution is 2.75. The first kappa shape index (κ1) is 28.3. The van der Waals surface area contributed by atoms with E-state index in [0.29, 0.717) is 18.3 Å². The smallest absolute Gasteiger partial charge is 0.333 e. The van der Waals surface area contributed by atoms with Crippen molar-refractivity contribution >= 4 is 10.3 Å². The lowest BCUT2D eigenvalue weighted by molar-refractivity contribution is -0.237. The van der Waals surface area contributed by atoms with Crippen molar-refractivity contribution in [1.29, 1.82) is 0 Å². The molecular weight excluding hydrogens is 470 g/mol. The first-order valence-corrected chi connectivity index (χ1v) is 15.6. The van der Waals surface area contributed by atoms with Gasteiger partial charge >= 0.3 is 10.3 Å². The second kappa shape index (κ2) is 9.20. The minimum atomic E-state index is -4.08. The molecule has 6 heteroatoms. The number of aliphatic hydroxyl groups is 1. The standard InChI is InChI=1S/C30H51NO4S/c1-19(2)10-9-11-20(3)21-12-16-30(8)26(21)22(35-36(31,33)34)18-24-28(6)15-14-25(32)27(4,5)23(28)13-17-29(24,30)7/h10,21-26,32H,3,9,11-18H2,1-2,4-8H3,(H2,31,33,34)/t21-,22-,23+,24-,25+,26+,28+,29-,30-/m1/s1. The van der Waals surface area contributed by atoms with Crippen LogP contribution in [-0.2, 0) is 14.5 Å². The van der Waals surface area contributed by atoms with Gasteiger partial charge in [0.2, 0.25) is 0 Å². The van der Waals surface area contributed by atoms with E-state index in [2.05, 4.69) is 61.1 Å². The molecule has 36 heavy (non-hydrogen) atoms. The molecule has 4 saturated carbocycles. The maximum Gasteiger partial charge on any atom is 0.333 e. The molecule has 0 amide bonds. The van der Waals surface area contributed by atoms with Crippen LogP contribution in [0.2, 0.25) is 0 Å². The molecule has 0 saturated heterocycles. The summed E-state index contributed by atoms with van der Waals surface area (Å²) in [5, 5.41) is 16.5. The Morgan fingerprint density at radius 3 is 2.28 bits per heavy atom. The Labute approximate surface area is 220 Å². The first-order chi connectivity index (χ1) is 16.5. The summed E-state index contributed by atoms with van der Waals surface area (Å²) in [5.74, 6) is 1.07. The van der Waals surface area contributed by atoms with Crippen LogP contribution < -0.4 is 5.14 Å². The van der Waals surface area contributed by atoms with Crippen molar-refractivity contribution in [3.63, 3.8) is 0 Å². The van der Waals surface area contributed by atoms with Crippen molar-refractivity contribution in [1.82, 2.24) is 0 Å². The molecule has 5 nitrogen and oxygen atoms in total. The van der Waals surface area contributed by atoms with Crippen LogP contribution in [0.5, 0.6) is 0 Å². The van der Waals surface area contributed by atoms with Crippen LogP contribution in [0, 0.1) is 45.3 Å². The predicted molar refractivity (Wildman–Crippen MR) is 146 cm³/mol. The highest BCUT2D eigenvalue weighted by molar-refractivity contribution is 7.84. The Bertz CT molecular complexity index is 1010. The van der Waals surface area contributed by atoms with Gasteiger partial charge in [-0.25, -0.2) is 5.14 Å². The molecule has 0 aromatic heterocycles. The molecule has 3 N–H and O–H groups in total. The van der Waals surface area contributed by atoms with Crippen LogP contribution in [0.15, 0.2) is 23.8 Å². The molecule has 0 aromatic rings. The average molecular weight is 522 g/mol. The highest BCUT2D eigenvalue weighted by atomic mass is 32.2. The Morgan fingerprint density at radius 2 is 1.67 bits per heavy atom. The number of hydrogen-bond acceptors (Lipinski definition) is 4. The number of allylic oxidation sites excluding steroid dienone is 3. The van der Waals surface area contributed by atoms with Crippen LogP contribution in [0.25, 0.3) is 0 Å². The third-order valence-electron chi connectivity index (χ3n) is 12.1. The van der Waals surface area contributed by atoms with E-state index in [9.17, 15) is 13.5 Å². The zero-order valence-corrected chi connectivity index (χ0v) is 24.6. The Hall–Kier alpha value is -0.690. The molecular formula is C30H51NO4S. The lowest BCUT2D eigenvalue weighted by Crippen LogP contribution is -2.66. The van der Waals surface area contributed by atoms with Crippen molar-refractivity contribution in [2.45, 2.75) is 118 Å². The molecule has 0 aliphatic heterocycles. The van der Waals surface area contributed by atoms with E-state index in [4.69, 9.17) is 9.32 Å². The van der Waals surface area contributed by atoms with Crippen molar-refractivity contribution in [2.75, 3.05) is 0 Å². The fourth-order valence-corrected chi connectivity index (χ4v) is 10.7. The molecule has 4 aliphatic rings. The van der Waals surface area contributed by atoms with Crippen molar-refractivity contribution in [2.24, 2.45) is 50.5 Å². The average Bonchev–Trinajstić information content (AvgIpc) is 3.11. The zero-order valence-electron chi connectivity index (χ0n) is 23.8. The van der Waals surface area contributed by atoms with Gasteiger partial charge < -0.3 is 5.11 Å². The van der Waals surface area contributed by atoms with Gasteiger partial charge in [-0.05, 0) is 117 Å². The molecule has 0 bridgehead atoms. The van der Waals surface area contributed by atoms with Gasteiger partial charge in [0.1, 0.15) is 0 Å². The number of rotatable bonds is 6. The number of aliphatic hydroxyl groups excluding tert-OH is 1. The Balaban J connectivity index is 1.74. The summed E-state index contributed by atoms with van der Waals surface area (Å²) in [5.41, 5.74) is 2.45. The lowest BCUT2D eigenvalue weighted by atomic mass is 9.35. The molecule has 206 valence electrons. The van der Waals surface area contributed by atoms with Crippen molar-refractivity contribution in [3.05, 3.63) is 23.8 Å². The van der Waals surface area contributed by atoms with E-state index in [-0.39, 0.29) is 39.6 Å². The predicted octanol–water partition coefficient (Wildman–Crippen LogP) is 6.53. The summed E-state index contributed by atoms with van der Waals surface area (Å²) in [7, 11) is -4.08. The normalized spacial score (nSPS) is 45.8. The van der Waals surface area contributed by atoms with Gasteiger partial charge in [0, 0.05) is 0 Å². The van der Waals surface area contributed by atoms with Crippen LogP contribution in [0.1, 0.15) is 106 Å². The largest absolute Gasteiger partial charge is 0.393 e. The number of fused-ring (bicyclic) bond motifs is 5. The SMILES string of the molecule is C=C(CCC=C(C)C)[C@H]1CC[C@]2(C)[C@@H]1[C@H](OS(N)(=O)=O)C[C@@H]1[C@@]3(C)CC[C@H](O)C(C)(C)[C@@H]3CC[C@]12C. The summed E-state index contributed by atoms with van der Waals surface area (Å²) < 4.78 is 30.5. The van der Waals surface area contributed by atoms with Gasteiger partial charge in [-0.1, -0.05) is 58.4 Å². The number of hydrogen-bond donors (Lipinski definition) is 2. The van der Waals surface area contributed by atoms with Gasteiger partial charge in [-0.2, -0.15) is 8.42 Å². The molecule has 4 rings (SSSR count). The van der Waals surface area contributed by atoms with Crippen LogP contribution in [0.3, 0.4) is 0 Å². The van der Waals surface area contributed by atoms with Crippen LogP contribution >= 0.6 is 0 Å². The molecule has 4 fully saturated rings. The van der Waals surface area contributed by atoms with Gasteiger partial charge in [-0.3, -0.25) is 4.18 Å². The molecule has 4 aliphatic carbocycles. The van der Waals surface area contributed by atoms with E-state index >= 15 is 0 Å². The summed E-state index contributed by atoms with van der Waals surface area (Å²) in [4.78, 5) is 0. The molecule has 0 spiro atoms. The van der Waals surface area contributed by atoms with Crippen LogP contribution in [-0.4, -0.2) is 25.7 Å². The third-order valence-corrected chi connectivity index (χ3v) is 12.7. The van der Waals surface area contributed by atoms with Gasteiger partial charge in [0.05, 0.1) is 12.2 Å². The van der Waals surface area contributed by atoms with E-state index in [0.717, 1.165) is 51.4 Å². The van der Waals surface area contributed by atoms with E-state index in [1.54, 1.807) is 0 Å². The first-order valence-electron chi connectivity index (χ1n) is 14.2. The Morgan fingerprint density at radius 1 is 1.03 bits per heavy atom. The molecule has 0 heterocycles. The van der Waals surface area contributed by atoms with E-state index < -0.39 is 16.4 Å². The summed E-state index contributed by atoms with van der Waals surface area (Å²) in [6.45, 7) is 20.6. The van der Waals surface area contributed by atoms with Crippen LogP contribution in [0.4, 0.5) is 0 Å². The second-order valence-corrected chi connectivity index (χ2v) is 15.6. The second-order valence-electron chi connectivity index (χ2n) is 14.4. The minimum absolute atomic E-state index is 0.0300. The van der Waals surface area contributed by atoms with Crippen molar-refractivity contribution in [3.8, 4) is 0 Å². The van der Waals surface area contributed by atoms with E-state index in [1.807, 2.05) is 0 Å². The van der Waals surface area contributed by atoms with Crippen molar-refractivity contribution < 1.29 is 17.7 Å². The fourth-order valence-electron chi connectivity index (χ4n) is 10.2. The summed E-state index contributed by atoms with van der Waals surface area (Å²) in [6, 6.07) is 0. The highest BCUT2D eigenvalue weighted by Gasteiger charge is 2.70. The Kier molecular flexibility index (Phi) is 7.24. The molecule has 0 radical (unpaired) electrons. The maximum absolute atomic E-state index is 12.4. The topological polar surface area (TPSA) is 89.6 Å². The quantitative estimate of drug-likeness (QED) is 0.389. The minimum Gasteiger partial charge on any atom is -0.393 e. The van der Waals surface area contributed by atoms with E-state index in [1.165, 1.54) is 11.1 Å². The fraction of sp³-hybridized carbons (Fsp3) is 0.867. The lowest BCUT2D eigenvalue weighted by Gasteiger charge is -2.70. The summed E-state index contributed by atoms with van der Waals surface area (Å²) in [6.07, 6.45) is 10.3. The molecule has 0 aromatic carbocycles. The van der Waals surface area contributed by atoms with Gasteiger partial charge in [-0.15, -0.1) is 0 Å². The monoisotopic (exact) mass is 521 g/mol. The maximum atomic E-state index is 12.4. The number of nitrogens with two attached hydrogens (primary N) is 1. The van der Waals surface area contributed by atoms with Gasteiger partial charge in [0.25, 0.3) is 0 Å². The molecule has 9 atom stereocenters.